The van der Waals surface area contributed by atoms with E-state index in [1.54, 1.807) is 4.57 Å². The molecule has 198 valence electrons. The maximum Gasteiger partial charge on any atom is 0.261 e. The van der Waals surface area contributed by atoms with Crippen molar-refractivity contribution in [3.05, 3.63) is 88.5 Å². The highest BCUT2D eigenvalue weighted by Gasteiger charge is 2.27. The molecule has 3 aromatic carbocycles. The molecule has 0 aliphatic carbocycles. The lowest BCUT2D eigenvalue weighted by Crippen LogP contribution is -2.28. The molecule has 9 nitrogen and oxygen atoms in total. The number of ether oxygens (including phenoxy) is 1. The molecule has 0 bridgehead atoms. The van der Waals surface area contributed by atoms with Gasteiger partial charge in [0.25, 0.3) is 5.56 Å². The van der Waals surface area contributed by atoms with Crippen molar-refractivity contribution in [2.45, 2.75) is 39.1 Å². The molecule has 0 fully saturated rings. The molecule has 2 aliphatic rings. The fourth-order valence-corrected chi connectivity index (χ4v) is 6.27. The van der Waals surface area contributed by atoms with E-state index in [0.717, 1.165) is 52.1 Å². The molecular weight excluding hydrogens is 504 g/mol. The highest BCUT2D eigenvalue weighted by molar-refractivity contribution is 5.95. The molecule has 0 spiro atoms. The number of nitrogens with zero attached hydrogens (tertiary/aromatic N) is 5. The zero-order valence-corrected chi connectivity index (χ0v) is 21.8. The smallest absolute Gasteiger partial charge is 0.261 e. The van der Waals surface area contributed by atoms with E-state index in [0.29, 0.717) is 43.0 Å². The first-order valence-corrected chi connectivity index (χ1v) is 13.6. The summed E-state index contributed by atoms with van der Waals surface area (Å²) in [5, 5.41) is 4.82. The highest BCUT2D eigenvalue weighted by atomic mass is 16.5. The summed E-state index contributed by atoms with van der Waals surface area (Å²) in [6, 6.07) is 21.6. The van der Waals surface area contributed by atoms with Crippen LogP contribution >= 0.6 is 0 Å². The van der Waals surface area contributed by atoms with Gasteiger partial charge in [0.1, 0.15) is 12.4 Å². The molecule has 1 amide bonds. The fourth-order valence-electron chi connectivity index (χ4n) is 6.27. The Morgan fingerprint density at radius 3 is 2.67 bits per heavy atom. The molecule has 0 atom stereocenters. The van der Waals surface area contributed by atoms with Gasteiger partial charge in [0.05, 0.1) is 34.2 Å². The first-order chi connectivity index (χ1) is 19.7. The van der Waals surface area contributed by atoms with E-state index in [2.05, 4.69) is 31.6 Å². The van der Waals surface area contributed by atoms with Gasteiger partial charge < -0.3 is 19.2 Å². The molecule has 0 radical (unpaired) electrons. The van der Waals surface area contributed by atoms with Crippen molar-refractivity contribution in [3.8, 4) is 11.5 Å². The lowest BCUT2D eigenvalue weighted by atomic mass is 10.0. The van der Waals surface area contributed by atoms with E-state index in [9.17, 15) is 9.59 Å². The van der Waals surface area contributed by atoms with Crippen molar-refractivity contribution in [1.29, 1.82) is 0 Å². The number of para-hydroxylation sites is 2. The van der Waals surface area contributed by atoms with Crippen molar-refractivity contribution in [2.24, 2.45) is 0 Å². The molecule has 5 heterocycles. The van der Waals surface area contributed by atoms with Crippen molar-refractivity contribution >= 4 is 44.4 Å². The van der Waals surface area contributed by atoms with Crippen LogP contribution in [0.4, 0.5) is 5.69 Å². The van der Waals surface area contributed by atoms with Crippen LogP contribution in [0.3, 0.4) is 0 Å². The third-order valence-corrected chi connectivity index (χ3v) is 8.10. The van der Waals surface area contributed by atoms with Gasteiger partial charge >= 0.3 is 0 Å². The number of aromatic nitrogens is 5. The van der Waals surface area contributed by atoms with Crippen LogP contribution in [0.2, 0.25) is 0 Å². The summed E-state index contributed by atoms with van der Waals surface area (Å²) in [6.45, 7) is 3.01. The number of carbonyl (C=O) groups is 1. The van der Waals surface area contributed by atoms with Gasteiger partial charge in [0.2, 0.25) is 5.91 Å². The maximum atomic E-state index is 13.4. The molecule has 1 N–H and O–H groups in total. The topological polar surface area (TPSA) is 96.0 Å². The van der Waals surface area contributed by atoms with Crippen LogP contribution in [0.5, 0.6) is 0 Å². The summed E-state index contributed by atoms with van der Waals surface area (Å²) in [5.41, 5.74) is 6.43. The second-order valence-electron chi connectivity index (χ2n) is 10.4. The number of imidazole rings is 1. The lowest BCUT2D eigenvalue weighted by Gasteiger charge is -2.21. The summed E-state index contributed by atoms with van der Waals surface area (Å²) >= 11 is 0. The normalized spacial score (nSPS) is 14.3. The Morgan fingerprint density at radius 2 is 1.75 bits per heavy atom. The minimum Gasteiger partial charge on any atom is -0.372 e. The Balaban J connectivity index is 1.13. The van der Waals surface area contributed by atoms with Crippen LogP contribution in [-0.2, 0) is 42.2 Å². The summed E-state index contributed by atoms with van der Waals surface area (Å²) in [7, 11) is 0. The summed E-state index contributed by atoms with van der Waals surface area (Å²) in [6.07, 6.45) is 1.01. The monoisotopic (exact) mass is 530 g/mol. The molecule has 40 heavy (non-hydrogen) atoms. The predicted octanol–water partition coefficient (Wildman–Crippen LogP) is 4.48. The zero-order valence-electron chi connectivity index (χ0n) is 21.8. The molecule has 6 aromatic rings. The Hall–Kier alpha value is -4.76. The molecule has 3 aromatic heterocycles. The van der Waals surface area contributed by atoms with E-state index in [4.69, 9.17) is 9.72 Å². The molecule has 0 unspecified atom stereocenters. The van der Waals surface area contributed by atoms with E-state index >= 15 is 0 Å². The van der Waals surface area contributed by atoms with Crippen LogP contribution in [0.25, 0.3) is 44.4 Å². The van der Waals surface area contributed by atoms with Gasteiger partial charge in [-0.25, -0.2) is 9.97 Å². The largest absolute Gasteiger partial charge is 0.372 e. The fraction of sp³-hybridized carbons (Fsp3) is 0.226. The molecular formula is C31H26N6O3. The van der Waals surface area contributed by atoms with Gasteiger partial charge in [-0.2, -0.15) is 0 Å². The summed E-state index contributed by atoms with van der Waals surface area (Å²) in [5.74, 6) is 1.49. The number of carbonyl (C=O) groups excluding carboxylic acids is 1. The summed E-state index contributed by atoms with van der Waals surface area (Å²) in [4.78, 5) is 36.2. The zero-order chi connectivity index (χ0) is 26.8. The molecule has 9 heteroatoms. The molecule has 2 aliphatic heterocycles. The van der Waals surface area contributed by atoms with Crippen LogP contribution in [0, 0.1) is 0 Å². The minimum absolute atomic E-state index is 0.0243. The van der Waals surface area contributed by atoms with Crippen LogP contribution in [-0.4, -0.2) is 36.2 Å². The number of anilines is 1. The predicted molar refractivity (Wildman–Crippen MR) is 153 cm³/mol. The lowest BCUT2D eigenvalue weighted by molar-refractivity contribution is -0.116. The van der Waals surface area contributed by atoms with E-state index < -0.39 is 0 Å². The average molecular weight is 531 g/mol. The number of benzene rings is 3. The number of fused-ring (bicyclic) bond motifs is 9. The Kier molecular flexibility index (Phi) is 5.15. The number of nitrogens with one attached hydrogen (secondary N) is 1. The summed E-state index contributed by atoms with van der Waals surface area (Å²) < 4.78 is 11.6. The second kappa shape index (κ2) is 8.89. The van der Waals surface area contributed by atoms with Gasteiger partial charge in [0, 0.05) is 42.6 Å². The Labute approximate surface area is 228 Å². The third-order valence-electron chi connectivity index (χ3n) is 8.10. The Morgan fingerprint density at radius 1 is 0.900 bits per heavy atom. The number of rotatable bonds is 4. The Bertz CT molecular complexity index is 2050. The molecule has 0 saturated heterocycles. The second-order valence-corrected chi connectivity index (χ2v) is 10.4. The van der Waals surface area contributed by atoms with Gasteiger partial charge in [0.15, 0.2) is 5.82 Å². The van der Waals surface area contributed by atoms with Gasteiger partial charge in [-0.05, 0) is 48.4 Å². The van der Waals surface area contributed by atoms with Crippen LogP contribution in [0.1, 0.15) is 17.8 Å². The number of aryl methyl sites for hydroxylation is 2. The van der Waals surface area contributed by atoms with Crippen molar-refractivity contribution in [1.82, 2.24) is 23.7 Å². The van der Waals surface area contributed by atoms with Crippen LogP contribution < -0.4 is 10.9 Å². The maximum absolute atomic E-state index is 13.4. The molecule has 0 saturated carbocycles. The van der Waals surface area contributed by atoms with Gasteiger partial charge in [-0.15, -0.1) is 0 Å². The minimum atomic E-state index is -0.0853. The first kappa shape index (κ1) is 23.2. The highest BCUT2D eigenvalue weighted by Crippen LogP contribution is 2.37. The van der Waals surface area contributed by atoms with Crippen molar-refractivity contribution in [3.63, 3.8) is 0 Å². The average Bonchev–Trinajstić information content (AvgIpc) is 3.51. The van der Waals surface area contributed by atoms with E-state index in [1.165, 1.54) is 5.56 Å². The first-order valence-electron chi connectivity index (χ1n) is 13.6. The quantitative estimate of drug-likeness (QED) is 0.363. The van der Waals surface area contributed by atoms with Gasteiger partial charge in [-0.3, -0.25) is 14.2 Å². The number of hydrogen-bond acceptors (Lipinski definition) is 5. The van der Waals surface area contributed by atoms with Crippen molar-refractivity contribution in [2.75, 3.05) is 11.9 Å². The third kappa shape index (κ3) is 3.51. The number of amides is 1. The van der Waals surface area contributed by atoms with E-state index in [1.807, 2.05) is 54.6 Å². The SMILES string of the molecule is O=C(CCn1c2c(c3ccccc31)CCn1c-2nc2ccccc2c1=O)Nc1ccc2c(c1)nc1n2CCOC1. The van der Waals surface area contributed by atoms with E-state index in [-0.39, 0.29) is 17.9 Å². The van der Waals surface area contributed by atoms with Gasteiger partial charge in [-0.1, -0.05) is 30.3 Å². The van der Waals surface area contributed by atoms with Crippen LogP contribution in [0.15, 0.2) is 71.5 Å². The molecule has 8 rings (SSSR count). The van der Waals surface area contributed by atoms with Crippen molar-refractivity contribution < 1.29 is 9.53 Å². The number of hydrogen-bond donors (Lipinski definition) is 1. The standard InChI is InChI=1S/C31H26N6O3/c38-28(32-19-9-10-26-24(17-19)33-27-18-40-16-15-35(26)27)12-14-36-25-8-4-2-5-20(25)21-11-13-37-30(29(21)36)34-23-7-3-1-6-22(23)31(37)39/h1-10,17H,11-16,18H2,(H,32,38).